The smallest absolute Gasteiger partial charge is 0.273 e. The van der Waals surface area contributed by atoms with Gasteiger partial charge in [-0.2, -0.15) is 5.10 Å². The highest BCUT2D eigenvalue weighted by Gasteiger charge is 2.42. The Kier molecular flexibility index (Phi) is 5.22. The molecule has 0 radical (unpaired) electrons. The molecule has 1 amide bonds. The Balaban J connectivity index is 1.66. The molecule has 0 saturated heterocycles. The third-order valence-corrected chi connectivity index (χ3v) is 6.25. The minimum atomic E-state index is -0.406. The van der Waals surface area contributed by atoms with Crippen molar-refractivity contribution in [2.45, 2.75) is 12.6 Å². The van der Waals surface area contributed by atoms with Crippen molar-refractivity contribution >= 4 is 40.7 Å². The van der Waals surface area contributed by atoms with Crippen LogP contribution in [0.4, 0.5) is 0 Å². The highest BCUT2D eigenvalue weighted by atomic mass is 35.5. The molecule has 1 atom stereocenters. The lowest BCUT2D eigenvalue weighted by molar-refractivity contribution is 0.0730. The fourth-order valence-corrected chi connectivity index (χ4v) is 4.65. The Bertz CT molecular complexity index is 1270. The van der Waals surface area contributed by atoms with Crippen LogP contribution >= 0.6 is 34.8 Å². The van der Waals surface area contributed by atoms with Crippen LogP contribution in [0.3, 0.4) is 0 Å². The number of hydrogen-bond donors (Lipinski definition) is 1. The van der Waals surface area contributed by atoms with Crippen molar-refractivity contribution in [3.05, 3.63) is 110 Å². The Morgan fingerprint density at radius 3 is 2.32 bits per heavy atom. The zero-order chi connectivity index (χ0) is 21.5. The van der Waals surface area contributed by atoms with E-state index in [4.69, 9.17) is 34.8 Å². The first-order valence-corrected chi connectivity index (χ1v) is 10.8. The Morgan fingerprint density at radius 1 is 0.903 bits per heavy atom. The van der Waals surface area contributed by atoms with Crippen molar-refractivity contribution in [3.8, 4) is 11.3 Å². The van der Waals surface area contributed by atoms with Gasteiger partial charge in [0.05, 0.1) is 11.7 Å². The van der Waals surface area contributed by atoms with Crippen LogP contribution in [0.1, 0.15) is 33.2 Å². The number of rotatable bonds is 4. The summed E-state index contributed by atoms with van der Waals surface area (Å²) in [7, 11) is 0. The molecule has 0 aliphatic carbocycles. The zero-order valence-electron chi connectivity index (χ0n) is 16.1. The molecule has 0 bridgehead atoms. The van der Waals surface area contributed by atoms with Crippen LogP contribution in [-0.4, -0.2) is 21.0 Å². The maximum absolute atomic E-state index is 13.4. The predicted octanol–water partition coefficient (Wildman–Crippen LogP) is 6.78. The summed E-state index contributed by atoms with van der Waals surface area (Å²) in [4.78, 5) is 15.2. The summed E-state index contributed by atoms with van der Waals surface area (Å²) in [5, 5.41) is 9.12. The maximum Gasteiger partial charge on any atom is 0.273 e. The summed E-state index contributed by atoms with van der Waals surface area (Å²) in [5.74, 6) is -0.129. The van der Waals surface area contributed by atoms with E-state index >= 15 is 0 Å². The molecule has 0 fully saturated rings. The third kappa shape index (κ3) is 3.61. The molecule has 1 aromatic heterocycles. The second-order valence-corrected chi connectivity index (χ2v) is 8.63. The average Bonchev–Trinajstić information content (AvgIpc) is 3.31. The maximum atomic E-state index is 13.4. The van der Waals surface area contributed by atoms with E-state index in [1.54, 1.807) is 17.0 Å². The van der Waals surface area contributed by atoms with Crippen molar-refractivity contribution in [1.29, 1.82) is 0 Å². The zero-order valence-corrected chi connectivity index (χ0v) is 18.4. The number of benzene rings is 3. The van der Waals surface area contributed by atoms with Crippen LogP contribution in [0.25, 0.3) is 11.3 Å². The largest absolute Gasteiger partial charge is 0.322 e. The van der Waals surface area contributed by atoms with Gasteiger partial charge in [-0.05, 0) is 35.4 Å². The van der Waals surface area contributed by atoms with E-state index in [-0.39, 0.29) is 5.91 Å². The van der Waals surface area contributed by atoms with Gasteiger partial charge in [-0.3, -0.25) is 9.89 Å². The molecular weight excluding hydrogens is 453 g/mol. The quantitative estimate of drug-likeness (QED) is 0.359. The van der Waals surface area contributed by atoms with Crippen LogP contribution in [0.15, 0.2) is 72.8 Å². The number of nitrogens with zero attached hydrogens (tertiary/aromatic N) is 2. The van der Waals surface area contributed by atoms with E-state index in [0.29, 0.717) is 27.3 Å². The molecule has 1 aliphatic heterocycles. The van der Waals surface area contributed by atoms with E-state index in [1.165, 1.54) is 0 Å². The average molecular weight is 469 g/mol. The molecule has 0 spiro atoms. The molecule has 0 saturated carbocycles. The van der Waals surface area contributed by atoms with Crippen LogP contribution in [0, 0.1) is 0 Å². The van der Waals surface area contributed by atoms with Crippen LogP contribution in [-0.2, 0) is 6.54 Å². The first-order chi connectivity index (χ1) is 15.0. The third-order valence-electron chi connectivity index (χ3n) is 5.43. The number of aromatic nitrogens is 2. The van der Waals surface area contributed by atoms with E-state index in [9.17, 15) is 4.79 Å². The van der Waals surface area contributed by atoms with Gasteiger partial charge < -0.3 is 4.90 Å². The normalized spacial score (nSPS) is 15.4. The van der Waals surface area contributed by atoms with Gasteiger partial charge in [0.25, 0.3) is 5.91 Å². The lowest BCUT2D eigenvalue weighted by Gasteiger charge is -2.27. The molecule has 4 nitrogen and oxygen atoms in total. The van der Waals surface area contributed by atoms with Crippen LogP contribution in [0.2, 0.25) is 15.1 Å². The Hall–Kier alpha value is -2.79. The summed E-state index contributed by atoms with van der Waals surface area (Å²) in [6.07, 6.45) is 0. The van der Waals surface area contributed by atoms with Gasteiger partial charge in [-0.15, -0.1) is 0 Å². The second-order valence-electron chi connectivity index (χ2n) is 7.35. The van der Waals surface area contributed by atoms with Crippen molar-refractivity contribution in [1.82, 2.24) is 15.1 Å². The molecule has 4 aromatic rings. The van der Waals surface area contributed by atoms with Gasteiger partial charge in [0.1, 0.15) is 5.69 Å². The molecular formula is C24H16Cl3N3O. The second kappa shape index (κ2) is 8.04. The first-order valence-electron chi connectivity index (χ1n) is 9.67. The topological polar surface area (TPSA) is 49.0 Å². The van der Waals surface area contributed by atoms with E-state index in [1.807, 2.05) is 60.7 Å². The SMILES string of the molecule is O=C1c2[nH]nc(-c3ccccc3)c2C(c2ccc(Cl)cc2Cl)N1Cc1ccc(Cl)cc1. The monoisotopic (exact) mass is 467 g/mol. The fraction of sp³-hybridized carbons (Fsp3) is 0.0833. The number of nitrogens with one attached hydrogen (secondary N) is 1. The number of H-pyrrole nitrogens is 1. The number of carbonyl (C=O) groups is 1. The van der Waals surface area contributed by atoms with Gasteiger partial charge in [-0.25, -0.2) is 0 Å². The van der Waals surface area contributed by atoms with E-state index < -0.39 is 6.04 Å². The molecule has 1 aliphatic rings. The Morgan fingerprint density at radius 2 is 1.61 bits per heavy atom. The molecule has 1 N–H and O–H groups in total. The molecule has 3 aromatic carbocycles. The number of aromatic amines is 1. The van der Waals surface area contributed by atoms with Crippen molar-refractivity contribution in [2.75, 3.05) is 0 Å². The molecule has 1 unspecified atom stereocenters. The van der Waals surface area contributed by atoms with Crippen molar-refractivity contribution in [3.63, 3.8) is 0 Å². The summed E-state index contributed by atoms with van der Waals surface area (Å²) >= 11 is 18.8. The molecule has 7 heteroatoms. The van der Waals surface area contributed by atoms with Crippen LogP contribution in [0.5, 0.6) is 0 Å². The molecule has 5 rings (SSSR count). The number of hydrogen-bond acceptors (Lipinski definition) is 2. The summed E-state index contributed by atoms with van der Waals surface area (Å²) in [6.45, 7) is 0.399. The van der Waals surface area contributed by atoms with E-state index in [2.05, 4.69) is 10.2 Å². The number of halogens is 3. The summed E-state index contributed by atoms with van der Waals surface area (Å²) in [6, 6.07) is 22.2. The van der Waals surface area contributed by atoms with Gasteiger partial charge in [-0.1, -0.05) is 83.3 Å². The molecule has 31 heavy (non-hydrogen) atoms. The minimum Gasteiger partial charge on any atom is -0.322 e. The lowest BCUT2D eigenvalue weighted by Crippen LogP contribution is -2.29. The fourth-order valence-electron chi connectivity index (χ4n) is 4.01. The van der Waals surface area contributed by atoms with Crippen molar-refractivity contribution in [2.24, 2.45) is 0 Å². The van der Waals surface area contributed by atoms with Gasteiger partial charge in [0.2, 0.25) is 0 Å². The number of fused-ring (bicyclic) bond motifs is 1. The predicted molar refractivity (Wildman–Crippen MR) is 124 cm³/mol. The molecule has 154 valence electrons. The van der Waals surface area contributed by atoms with E-state index in [0.717, 1.165) is 27.9 Å². The highest BCUT2D eigenvalue weighted by molar-refractivity contribution is 6.35. The first kappa shape index (κ1) is 20.1. The van der Waals surface area contributed by atoms with Gasteiger partial charge in [0.15, 0.2) is 0 Å². The van der Waals surface area contributed by atoms with Gasteiger partial charge >= 0.3 is 0 Å². The number of amides is 1. The summed E-state index contributed by atoms with van der Waals surface area (Å²) < 4.78 is 0. The highest BCUT2D eigenvalue weighted by Crippen LogP contribution is 2.45. The van der Waals surface area contributed by atoms with Gasteiger partial charge in [0, 0.05) is 32.7 Å². The lowest BCUT2D eigenvalue weighted by atomic mass is 9.96. The van der Waals surface area contributed by atoms with Crippen LogP contribution < -0.4 is 0 Å². The van der Waals surface area contributed by atoms with Crippen molar-refractivity contribution < 1.29 is 4.79 Å². The standard InChI is InChI=1S/C24H16Cl3N3O/c25-16-8-6-14(7-9-16)13-30-23(18-11-10-17(26)12-19(18)27)20-21(15-4-2-1-3-5-15)28-29-22(20)24(30)31/h1-12,23H,13H2,(H,28,29). The summed E-state index contributed by atoms with van der Waals surface area (Å²) in [5.41, 5.74) is 4.71. The minimum absolute atomic E-state index is 0.129. The Labute approximate surface area is 194 Å². The molecule has 2 heterocycles. The number of carbonyl (C=O) groups excluding carboxylic acids is 1.